The third-order valence-corrected chi connectivity index (χ3v) is 7.48. The van der Waals surface area contributed by atoms with Crippen LogP contribution in [0.5, 0.6) is 0 Å². The van der Waals surface area contributed by atoms with E-state index in [2.05, 4.69) is 58.0 Å². The van der Waals surface area contributed by atoms with Gasteiger partial charge in [-0.1, -0.05) is 88.4 Å². The quantitative estimate of drug-likeness (QED) is 0.347. The second-order valence-corrected chi connectivity index (χ2v) is 8.97. The summed E-state index contributed by atoms with van der Waals surface area (Å²) in [5.41, 5.74) is 1.09. The summed E-state index contributed by atoms with van der Waals surface area (Å²) in [4.78, 5) is 0. The molecule has 33 heavy (non-hydrogen) atoms. The molecule has 1 fully saturated rings. The number of aliphatic hydroxyl groups is 1. The Morgan fingerprint density at radius 1 is 0.636 bits per heavy atom. The molecule has 0 aliphatic heterocycles. The first-order chi connectivity index (χ1) is 14.4. The zero-order chi connectivity index (χ0) is 21.6. The predicted octanol–water partition coefficient (Wildman–Crippen LogP) is 7.87. The van der Waals surface area contributed by atoms with Crippen molar-refractivity contribution in [1.82, 2.24) is 0 Å². The Balaban J connectivity index is 0.000000996. The van der Waals surface area contributed by atoms with Gasteiger partial charge in [-0.3, -0.25) is 0 Å². The van der Waals surface area contributed by atoms with Crippen LogP contribution in [0.1, 0.15) is 45.2 Å². The van der Waals surface area contributed by atoms with Crippen LogP contribution in [0.4, 0.5) is 0 Å². The van der Waals surface area contributed by atoms with Gasteiger partial charge in [0.1, 0.15) is 5.60 Å². The van der Waals surface area contributed by atoms with Crippen molar-refractivity contribution in [3.05, 3.63) is 123 Å². The van der Waals surface area contributed by atoms with Crippen LogP contribution < -0.4 is 0 Å². The Bertz CT molecular complexity index is 785. The van der Waals surface area contributed by atoms with E-state index in [9.17, 15) is 5.11 Å². The van der Waals surface area contributed by atoms with E-state index in [1.807, 2.05) is 66.7 Å². The molecule has 0 bridgehead atoms. The topological polar surface area (TPSA) is 20.2 Å². The summed E-state index contributed by atoms with van der Waals surface area (Å²) in [5.74, 6) is 3.21. The molecule has 0 heterocycles. The zero-order valence-electron chi connectivity index (χ0n) is 21.2. The number of rotatable bonds is 4. The van der Waals surface area contributed by atoms with Crippen LogP contribution in [0.15, 0.2) is 91.0 Å². The molecule has 3 aromatic rings. The van der Waals surface area contributed by atoms with Gasteiger partial charge in [-0.25, -0.2) is 0 Å². The van der Waals surface area contributed by atoms with Crippen LogP contribution >= 0.6 is 0 Å². The Morgan fingerprint density at radius 2 is 1.00 bits per heavy atom. The van der Waals surface area contributed by atoms with Crippen molar-refractivity contribution in [1.29, 1.82) is 0 Å². The van der Waals surface area contributed by atoms with E-state index in [1.54, 1.807) is 0 Å². The minimum absolute atomic E-state index is 0. The molecule has 1 aliphatic carbocycles. The molecule has 1 saturated carbocycles. The molecular formula is C31H41OZr. The summed E-state index contributed by atoms with van der Waals surface area (Å²) in [6.07, 6.45) is 0.790. The zero-order valence-corrected chi connectivity index (χ0v) is 23.7. The summed E-state index contributed by atoms with van der Waals surface area (Å²) in [5, 5.41) is 11.8. The normalized spacial score (nSPS) is 23.6. The van der Waals surface area contributed by atoms with Gasteiger partial charge in [-0.15, -0.1) is 0 Å². The summed E-state index contributed by atoms with van der Waals surface area (Å²) >= 11 is 0. The number of hydrogen-bond donors (Lipinski definition) is 1. The molecule has 1 radical (unpaired) electrons. The van der Waals surface area contributed by atoms with Gasteiger partial charge in [-0.05, 0) is 47.1 Å². The molecule has 0 amide bonds. The fourth-order valence-electron chi connectivity index (χ4n) is 5.10. The summed E-state index contributed by atoms with van der Waals surface area (Å²) in [7, 11) is 0. The Kier molecular flexibility index (Phi) is 14.0. The second kappa shape index (κ2) is 14.7. The summed E-state index contributed by atoms with van der Waals surface area (Å²) < 4.78 is 0. The monoisotopic (exact) mass is 519 g/mol. The van der Waals surface area contributed by atoms with Gasteiger partial charge in [0.15, 0.2) is 0 Å². The molecule has 2 heteroatoms. The van der Waals surface area contributed by atoms with E-state index in [0.29, 0.717) is 29.6 Å². The van der Waals surface area contributed by atoms with Gasteiger partial charge in [0, 0.05) is 0 Å². The molecule has 5 atom stereocenters. The number of hydrogen-bond acceptors (Lipinski definition) is 1. The maximum absolute atomic E-state index is 11.8. The van der Waals surface area contributed by atoms with E-state index in [0.717, 1.165) is 17.5 Å². The summed E-state index contributed by atoms with van der Waals surface area (Å²) in [6, 6.07) is 32.9. The average molecular weight is 521 g/mol. The minimum atomic E-state index is -0.917. The van der Waals surface area contributed by atoms with Crippen LogP contribution in [-0.2, 0) is 31.8 Å². The summed E-state index contributed by atoms with van der Waals surface area (Å²) in [6.45, 7) is 9.48. The van der Waals surface area contributed by atoms with Gasteiger partial charge < -0.3 is 20.0 Å². The Labute approximate surface area is 222 Å². The van der Waals surface area contributed by atoms with Gasteiger partial charge >= 0.3 is 26.2 Å². The first kappa shape index (κ1) is 31.5. The molecule has 0 spiro atoms. The molecule has 4 rings (SSSR count). The van der Waals surface area contributed by atoms with Gasteiger partial charge in [-0.2, -0.15) is 36.4 Å². The third-order valence-electron chi connectivity index (χ3n) is 7.48. The molecular weight excluding hydrogens is 480 g/mol. The second-order valence-electron chi connectivity index (χ2n) is 8.97. The van der Waals surface area contributed by atoms with Crippen molar-refractivity contribution in [2.75, 3.05) is 0 Å². The van der Waals surface area contributed by atoms with Crippen LogP contribution in [0.3, 0.4) is 0 Å². The van der Waals surface area contributed by atoms with Crippen molar-refractivity contribution in [3.63, 3.8) is 0 Å². The predicted molar refractivity (Wildman–Crippen MR) is 139 cm³/mol. The van der Waals surface area contributed by atoms with Crippen LogP contribution in [0.2, 0.25) is 0 Å². The van der Waals surface area contributed by atoms with Gasteiger partial charge in [0.05, 0.1) is 0 Å². The Hall–Kier alpha value is -1.50. The van der Waals surface area contributed by atoms with Crippen molar-refractivity contribution in [2.24, 2.45) is 29.6 Å². The van der Waals surface area contributed by atoms with Crippen molar-refractivity contribution < 1.29 is 31.3 Å². The van der Waals surface area contributed by atoms with Gasteiger partial charge in [0.2, 0.25) is 0 Å². The van der Waals surface area contributed by atoms with E-state index in [1.165, 1.54) is 0 Å². The molecule has 0 aromatic heterocycles. The van der Waals surface area contributed by atoms with Crippen molar-refractivity contribution in [3.8, 4) is 0 Å². The largest absolute Gasteiger partial charge is 3.00 e. The van der Waals surface area contributed by atoms with E-state index in [4.69, 9.17) is 0 Å². The molecule has 0 saturated heterocycles. The van der Waals surface area contributed by atoms with Crippen molar-refractivity contribution in [2.45, 2.75) is 39.7 Å². The van der Waals surface area contributed by atoms with Crippen LogP contribution in [-0.4, -0.2) is 5.11 Å². The fourth-order valence-corrected chi connectivity index (χ4v) is 5.10. The molecule has 1 aliphatic rings. The minimum Gasteiger partial charge on any atom is -0.380 e. The fraction of sp³-hybridized carbons (Fsp3) is 0.355. The van der Waals surface area contributed by atoms with E-state index in [-0.39, 0.29) is 41.1 Å². The van der Waals surface area contributed by atoms with E-state index >= 15 is 0 Å². The molecule has 1 nitrogen and oxygen atoms in total. The molecule has 175 valence electrons. The molecule has 3 aromatic carbocycles. The smallest absolute Gasteiger partial charge is 0.380 e. The standard InChI is InChI=1S/C23H30O.C6H5.2CH3.Zr/c1-16-17(2)19(4)22(18(16)3)15-23(24,20-11-7-5-8-12-20)21-13-9-6-10-14-21;1-2-4-6-5-3-1;;;/h5-14,16-19,22,24H,15H2,1-4H3;1-5H;2*1H3;/q;3*-1;+3/t16?,17?,18-,19?,22?;;;;/m0..../s1. The number of benzene rings is 3. The average Bonchev–Trinajstić information content (AvgIpc) is 2.99. The van der Waals surface area contributed by atoms with Crippen molar-refractivity contribution >= 4 is 0 Å². The third kappa shape index (κ3) is 7.49. The SMILES string of the molecule is CC1C(C)C(CC(O)(c2ccccc2)c2ccccc2)[C@@H](C)C1C.[CH3-].[CH3-].[Zr+3].[c-]1ccccc1. The van der Waals surface area contributed by atoms with Crippen LogP contribution in [0.25, 0.3) is 0 Å². The maximum atomic E-state index is 11.8. The van der Waals surface area contributed by atoms with Gasteiger partial charge in [0.25, 0.3) is 0 Å². The first-order valence-corrected chi connectivity index (χ1v) is 11.2. The molecule has 1 N–H and O–H groups in total. The first-order valence-electron chi connectivity index (χ1n) is 11.2. The molecule has 4 unspecified atom stereocenters. The maximum Gasteiger partial charge on any atom is 3.00 e. The van der Waals surface area contributed by atoms with Crippen LogP contribution in [0, 0.1) is 50.5 Å². The Morgan fingerprint density at radius 3 is 1.30 bits per heavy atom. The van der Waals surface area contributed by atoms with E-state index < -0.39 is 5.60 Å².